The molecule has 3 N–H and O–H groups in total. The van der Waals surface area contributed by atoms with E-state index in [0.717, 1.165) is 30.1 Å². The van der Waals surface area contributed by atoms with E-state index < -0.39 is 0 Å². The van der Waals surface area contributed by atoms with Gasteiger partial charge in [0.05, 0.1) is 10.7 Å². The molecule has 114 valence electrons. The van der Waals surface area contributed by atoms with Crippen molar-refractivity contribution in [1.82, 2.24) is 10.3 Å². The summed E-state index contributed by atoms with van der Waals surface area (Å²) in [5, 5.41) is 4.66. The first-order valence-corrected chi connectivity index (χ1v) is 8.34. The molecule has 2 aromatic rings. The number of nitrogens with zero attached hydrogens (tertiary/aromatic N) is 1. The highest BCUT2D eigenvalue weighted by Crippen LogP contribution is 2.24. The zero-order chi connectivity index (χ0) is 15.2. The largest absolute Gasteiger partial charge is 0.327 e. The minimum absolute atomic E-state index is 0.182. The Bertz CT molecular complexity index is 550. The average Bonchev–Trinajstić information content (AvgIpc) is 2.82. The second-order valence-corrected chi connectivity index (χ2v) is 6.83. The molecule has 0 amide bonds. The lowest BCUT2D eigenvalue weighted by Gasteiger charge is -2.17. The molecule has 2 unspecified atom stereocenters. The first-order valence-electron chi connectivity index (χ1n) is 7.53. The Morgan fingerprint density at radius 1 is 1.24 bits per heavy atom. The third-order valence-electron chi connectivity index (χ3n) is 3.67. The molecule has 2 atom stereocenters. The van der Waals surface area contributed by atoms with Gasteiger partial charge in [-0.25, -0.2) is 4.98 Å². The summed E-state index contributed by atoms with van der Waals surface area (Å²) in [5.41, 5.74) is 8.71. The zero-order valence-electron chi connectivity index (χ0n) is 13.1. The first-order chi connectivity index (χ1) is 10.1. The third-order valence-corrected chi connectivity index (χ3v) is 4.92. The maximum absolute atomic E-state index is 6.22. The number of rotatable bonds is 7. The lowest BCUT2D eigenvalue weighted by Crippen LogP contribution is -2.35. The second kappa shape index (κ2) is 7.69. The maximum atomic E-state index is 6.22. The molecule has 1 heterocycles. The fourth-order valence-electron chi connectivity index (χ4n) is 2.47. The Morgan fingerprint density at radius 3 is 2.57 bits per heavy atom. The summed E-state index contributed by atoms with van der Waals surface area (Å²) in [5.74, 6) is 0. The van der Waals surface area contributed by atoms with Crippen molar-refractivity contribution in [2.75, 3.05) is 6.54 Å². The zero-order valence-corrected chi connectivity index (χ0v) is 13.9. The minimum atomic E-state index is 0.182. The van der Waals surface area contributed by atoms with Gasteiger partial charge in [0, 0.05) is 23.5 Å². The Kier molecular flexibility index (Phi) is 5.91. The Balaban J connectivity index is 1.76. The van der Waals surface area contributed by atoms with Gasteiger partial charge in [0.25, 0.3) is 0 Å². The molecule has 0 saturated heterocycles. The predicted molar refractivity (Wildman–Crippen MR) is 90.7 cm³/mol. The standard InChI is InChI=1S/C17H25N3S/c1-12(17-13(2)20-14(3)21-17)19-11-16(18)10-9-15-7-5-4-6-8-15/h4-8,12,16,19H,9-11,18H2,1-3H3. The van der Waals surface area contributed by atoms with E-state index in [-0.39, 0.29) is 6.04 Å². The van der Waals surface area contributed by atoms with E-state index in [4.69, 9.17) is 5.73 Å². The minimum Gasteiger partial charge on any atom is -0.327 e. The summed E-state index contributed by atoms with van der Waals surface area (Å²) in [7, 11) is 0. The highest BCUT2D eigenvalue weighted by Gasteiger charge is 2.13. The molecular weight excluding hydrogens is 278 g/mol. The average molecular weight is 303 g/mol. The summed E-state index contributed by atoms with van der Waals surface area (Å²) >= 11 is 1.77. The molecule has 2 rings (SSSR count). The van der Waals surface area contributed by atoms with Gasteiger partial charge in [-0.3, -0.25) is 0 Å². The van der Waals surface area contributed by atoms with E-state index in [1.807, 2.05) is 6.07 Å². The van der Waals surface area contributed by atoms with Crippen LogP contribution in [0.25, 0.3) is 0 Å². The van der Waals surface area contributed by atoms with Crippen molar-refractivity contribution in [3.05, 3.63) is 51.5 Å². The summed E-state index contributed by atoms with van der Waals surface area (Å²) < 4.78 is 0. The van der Waals surface area contributed by atoms with Gasteiger partial charge in [0.2, 0.25) is 0 Å². The van der Waals surface area contributed by atoms with Gasteiger partial charge in [-0.15, -0.1) is 11.3 Å². The molecule has 0 bridgehead atoms. The number of aromatic nitrogens is 1. The van der Waals surface area contributed by atoms with Crippen molar-refractivity contribution in [2.45, 2.75) is 45.7 Å². The number of benzene rings is 1. The van der Waals surface area contributed by atoms with E-state index in [0.29, 0.717) is 6.04 Å². The molecule has 0 aliphatic rings. The van der Waals surface area contributed by atoms with Crippen molar-refractivity contribution in [3.8, 4) is 0 Å². The van der Waals surface area contributed by atoms with Crippen LogP contribution in [0.3, 0.4) is 0 Å². The number of thiazole rings is 1. The number of aryl methyl sites for hydroxylation is 3. The molecule has 3 nitrogen and oxygen atoms in total. The van der Waals surface area contributed by atoms with Gasteiger partial charge in [0.15, 0.2) is 0 Å². The smallest absolute Gasteiger partial charge is 0.0900 e. The number of hydrogen-bond acceptors (Lipinski definition) is 4. The second-order valence-electron chi connectivity index (χ2n) is 5.60. The Hall–Kier alpha value is -1.23. The van der Waals surface area contributed by atoms with Gasteiger partial charge in [-0.05, 0) is 39.2 Å². The number of nitrogens with two attached hydrogens (primary N) is 1. The first kappa shape index (κ1) is 16.1. The number of nitrogens with one attached hydrogen (secondary N) is 1. The van der Waals surface area contributed by atoms with Crippen LogP contribution in [0, 0.1) is 13.8 Å². The Labute approximate surface area is 131 Å². The fraction of sp³-hybridized carbons (Fsp3) is 0.471. The quantitative estimate of drug-likeness (QED) is 0.824. The van der Waals surface area contributed by atoms with Crippen LogP contribution in [-0.4, -0.2) is 17.6 Å². The summed E-state index contributed by atoms with van der Waals surface area (Å²) in [6, 6.07) is 11.0. The molecule has 4 heteroatoms. The SMILES string of the molecule is Cc1nc(C)c(C(C)NCC(N)CCc2ccccc2)s1. The molecule has 0 aliphatic carbocycles. The molecule has 21 heavy (non-hydrogen) atoms. The summed E-state index contributed by atoms with van der Waals surface area (Å²) in [6.07, 6.45) is 2.04. The monoisotopic (exact) mass is 303 g/mol. The lowest BCUT2D eigenvalue weighted by atomic mass is 10.1. The van der Waals surface area contributed by atoms with Crippen LogP contribution < -0.4 is 11.1 Å². The molecule has 0 aliphatic heterocycles. The molecule has 0 fully saturated rings. The lowest BCUT2D eigenvalue weighted by molar-refractivity contribution is 0.499. The fourth-order valence-corrected chi connectivity index (χ4v) is 3.42. The van der Waals surface area contributed by atoms with Crippen LogP contribution >= 0.6 is 11.3 Å². The van der Waals surface area contributed by atoms with Gasteiger partial charge >= 0.3 is 0 Å². The Morgan fingerprint density at radius 2 is 1.95 bits per heavy atom. The molecule has 1 aromatic carbocycles. The van der Waals surface area contributed by atoms with E-state index in [1.165, 1.54) is 10.4 Å². The molecule has 0 saturated carbocycles. The molecule has 1 aromatic heterocycles. The van der Waals surface area contributed by atoms with Gasteiger partial charge < -0.3 is 11.1 Å². The van der Waals surface area contributed by atoms with Crippen LogP contribution in [-0.2, 0) is 6.42 Å². The van der Waals surface area contributed by atoms with Gasteiger partial charge in [-0.2, -0.15) is 0 Å². The topological polar surface area (TPSA) is 50.9 Å². The van der Waals surface area contributed by atoms with E-state index in [2.05, 4.69) is 55.3 Å². The van der Waals surface area contributed by atoms with Crippen LogP contribution in [0.5, 0.6) is 0 Å². The van der Waals surface area contributed by atoms with E-state index >= 15 is 0 Å². The summed E-state index contributed by atoms with van der Waals surface area (Å²) in [6.45, 7) is 7.15. The van der Waals surface area contributed by atoms with E-state index in [1.54, 1.807) is 11.3 Å². The maximum Gasteiger partial charge on any atom is 0.0900 e. The molecule has 0 radical (unpaired) electrons. The summed E-state index contributed by atoms with van der Waals surface area (Å²) in [4.78, 5) is 5.80. The van der Waals surface area contributed by atoms with Crippen molar-refractivity contribution in [3.63, 3.8) is 0 Å². The normalized spacial score (nSPS) is 14.1. The number of hydrogen-bond donors (Lipinski definition) is 2. The van der Waals surface area contributed by atoms with Crippen LogP contribution in [0.4, 0.5) is 0 Å². The van der Waals surface area contributed by atoms with Crippen molar-refractivity contribution in [1.29, 1.82) is 0 Å². The highest BCUT2D eigenvalue weighted by atomic mass is 32.1. The van der Waals surface area contributed by atoms with Crippen LogP contribution in [0.1, 0.15) is 40.5 Å². The van der Waals surface area contributed by atoms with Crippen molar-refractivity contribution >= 4 is 11.3 Å². The molecule has 0 spiro atoms. The van der Waals surface area contributed by atoms with Crippen molar-refractivity contribution in [2.24, 2.45) is 5.73 Å². The highest BCUT2D eigenvalue weighted by molar-refractivity contribution is 7.11. The predicted octanol–water partition coefficient (Wildman–Crippen LogP) is 3.37. The van der Waals surface area contributed by atoms with Gasteiger partial charge in [0.1, 0.15) is 0 Å². The van der Waals surface area contributed by atoms with Crippen LogP contribution in [0.2, 0.25) is 0 Å². The van der Waals surface area contributed by atoms with Crippen molar-refractivity contribution < 1.29 is 0 Å². The van der Waals surface area contributed by atoms with Gasteiger partial charge in [-0.1, -0.05) is 30.3 Å². The third kappa shape index (κ3) is 4.92. The van der Waals surface area contributed by atoms with E-state index in [9.17, 15) is 0 Å². The van der Waals surface area contributed by atoms with Crippen LogP contribution in [0.15, 0.2) is 30.3 Å². The molecular formula is C17H25N3S.